The second kappa shape index (κ2) is 13.0. The summed E-state index contributed by atoms with van der Waals surface area (Å²) in [5.41, 5.74) is 1.10. The van der Waals surface area contributed by atoms with Crippen LogP contribution in [0.15, 0.2) is 53.7 Å². The number of methoxy groups -OCH3 is 2. The zero-order chi connectivity index (χ0) is 31.4. The van der Waals surface area contributed by atoms with E-state index >= 15 is 0 Å². The van der Waals surface area contributed by atoms with Crippen molar-refractivity contribution in [2.24, 2.45) is 0 Å². The highest BCUT2D eigenvalue weighted by atomic mass is 32.2. The van der Waals surface area contributed by atoms with Crippen LogP contribution in [-0.4, -0.2) is 74.4 Å². The topological polar surface area (TPSA) is 143 Å². The van der Waals surface area contributed by atoms with Gasteiger partial charge < -0.3 is 29.5 Å². The van der Waals surface area contributed by atoms with Crippen molar-refractivity contribution < 1.29 is 32.5 Å². The van der Waals surface area contributed by atoms with Gasteiger partial charge in [-0.25, -0.2) is 27.5 Å². The predicted molar refractivity (Wildman–Crippen MR) is 163 cm³/mol. The van der Waals surface area contributed by atoms with Crippen LogP contribution in [0.2, 0.25) is 0 Å². The normalized spacial score (nSPS) is 14.7. The molecule has 1 unspecified atom stereocenters. The summed E-state index contributed by atoms with van der Waals surface area (Å²) in [6.07, 6.45) is 2.03. The number of carbonyl (C=O) groups excluding carboxylic acids is 1. The zero-order valence-electron chi connectivity index (χ0n) is 25.3. The minimum atomic E-state index is -3.92. The number of sulfonamides is 1. The van der Waals surface area contributed by atoms with Crippen molar-refractivity contribution in [3.63, 3.8) is 0 Å². The van der Waals surface area contributed by atoms with Crippen LogP contribution in [0.4, 0.5) is 22.1 Å². The van der Waals surface area contributed by atoms with Crippen LogP contribution in [0.5, 0.6) is 11.5 Å². The lowest BCUT2D eigenvalue weighted by Crippen LogP contribution is -2.35. The largest absolute Gasteiger partial charge is 0.493 e. The Morgan fingerprint density at radius 3 is 2.49 bits per heavy atom. The second-order valence-electron chi connectivity index (χ2n) is 11.2. The third-order valence-electron chi connectivity index (χ3n) is 6.96. The summed E-state index contributed by atoms with van der Waals surface area (Å²) in [5, 5.41) is 13.2. The standard InChI is InChI=1S/C30H39N5O7S/c1-30(2,3)42-29(37)34(4)14-10-11-20-17-35(43(38,39)23-12-8-7-9-13-23)28-25(20)27(31-19-32-28)33-22-15-21(18-36)26(41-6)24(16-22)40-5/h7-9,12-13,15-16,19-20,36H,10-11,14,17-18H2,1-6H3,(H,31,32,33). The number of amides is 1. The first-order chi connectivity index (χ1) is 20.4. The molecule has 3 aromatic rings. The van der Waals surface area contributed by atoms with Gasteiger partial charge in [-0.2, -0.15) is 0 Å². The quantitative estimate of drug-likeness (QED) is 0.313. The molecule has 1 aromatic heterocycles. The number of anilines is 3. The second-order valence-corrected chi connectivity index (χ2v) is 13.1. The van der Waals surface area contributed by atoms with Gasteiger partial charge in [-0.3, -0.25) is 0 Å². The number of aromatic nitrogens is 2. The van der Waals surface area contributed by atoms with E-state index in [2.05, 4.69) is 15.3 Å². The molecule has 2 heterocycles. The molecule has 4 rings (SSSR count). The molecular weight excluding hydrogens is 574 g/mol. The number of aliphatic hydroxyl groups is 1. The van der Waals surface area contributed by atoms with Crippen LogP contribution in [0.3, 0.4) is 0 Å². The number of hydrogen-bond donors (Lipinski definition) is 2. The van der Waals surface area contributed by atoms with Crippen molar-refractivity contribution in [2.75, 3.05) is 44.0 Å². The van der Waals surface area contributed by atoms with E-state index in [9.17, 15) is 18.3 Å². The van der Waals surface area contributed by atoms with E-state index in [1.54, 1.807) is 49.5 Å². The van der Waals surface area contributed by atoms with E-state index in [1.807, 2.05) is 20.8 Å². The van der Waals surface area contributed by atoms with Gasteiger partial charge in [-0.05, 0) is 51.8 Å². The minimum Gasteiger partial charge on any atom is -0.493 e. The van der Waals surface area contributed by atoms with Crippen LogP contribution in [0, 0.1) is 0 Å². The lowest BCUT2D eigenvalue weighted by Gasteiger charge is -2.25. The summed E-state index contributed by atoms with van der Waals surface area (Å²) in [4.78, 5) is 23.1. The van der Waals surface area contributed by atoms with Gasteiger partial charge in [0.25, 0.3) is 10.0 Å². The molecule has 1 aliphatic rings. The minimum absolute atomic E-state index is 0.157. The molecule has 0 fully saturated rings. The Labute approximate surface area is 252 Å². The summed E-state index contributed by atoms with van der Waals surface area (Å²) in [6.45, 7) is 5.72. The summed E-state index contributed by atoms with van der Waals surface area (Å²) in [6, 6.07) is 11.7. The third kappa shape index (κ3) is 7.11. The van der Waals surface area contributed by atoms with Gasteiger partial charge >= 0.3 is 6.09 Å². The lowest BCUT2D eigenvalue weighted by molar-refractivity contribution is 0.0295. The highest BCUT2D eigenvalue weighted by molar-refractivity contribution is 7.92. The number of ether oxygens (including phenoxy) is 3. The Kier molecular flexibility index (Phi) is 9.65. The molecule has 43 heavy (non-hydrogen) atoms. The van der Waals surface area contributed by atoms with Crippen LogP contribution in [-0.2, 0) is 21.4 Å². The first-order valence-electron chi connectivity index (χ1n) is 13.9. The van der Waals surface area contributed by atoms with Gasteiger partial charge in [0.1, 0.15) is 17.7 Å². The van der Waals surface area contributed by atoms with E-state index in [1.165, 1.54) is 29.8 Å². The third-order valence-corrected chi connectivity index (χ3v) is 8.74. The van der Waals surface area contributed by atoms with Gasteiger partial charge in [0.05, 0.1) is 25.7 Å². The Bertz CT molecular complexity index is 1520. The van der Waals surface area contributed by atoms with Crippen molar-refractivity contribution >= 4 is 33.4 Å². The molecule has 0 bridgehead atoms. The monoisotopic (exact) mass is 613 g/mol. The SMILES string of the molecule is COc1cc(Nc2ncnc3c2C(CCCN(C)C(=O)OC(C)(C)C)CN3S(=O)(=O)c2ccccc2)cc(CO)c1OC. The number of benzene rings is 2. The molecule has 0 spiro atoms. The molecule has 0 saturated carbocycles. The van der Waals surface area contributed by atoms with Crippen LogP contribution in [0.25, 0.3) is 0 Å². The molecule has 0 saturated heterocycles. The maximum Gasteiger partial charge on any atom is 0.410 e. The smallest absolute Gasteiger partial charge is 0.410 e. The molecule has 1 aliphatic heterocycles. The van der Waals surface area contributed by atoms with Crippen molar-refractivity contribution in [3.8, 4) is 11.5 Å². The molecule has 0 radical (unpaired) electrons. The first kappa shape index (κ1) is 31.8. The van der Waals surface area contributed by atoms with Crippen molar-refractivity contribution in [3.05, 3.63) is 59.9 Å². The van der Waals surface area contributed by atoms with Gasteiger partial charge in [-0.1, -0.05) is 18.2 Å². The zero-order valence-corrected chi connectivity index (χ0v) is 26.1. The molecule has 13 heteroatoms. The number of fused-ring (bicyclic) bond motifs is 1. The Balaban J connectivity index is 1.68. The van der Waals surface area contributed by atoms with Crippen LogP contribution < -0.4 is 19.1 Å². The Morgan fingerprint density at radius 2 is 1.86 bits per heavy atom. The number of nitrogens with one attached hydrogen (secondary N) is 1. The molecule has 1 amide bonds. The molecule has 1 atom stereocenters. The molecule has 12 nitrogen and oxygen atoms in total. The van der Waals surface area contributed by atoms with E-state index in [0.717, 1.165) is 0 Å². The fourth-order valence-corrected chi connectivity index (χ4v) is 6.49. The van der Waals surface area contributed by atoms with E-state index < -0.39 is 21.7 Å². The van der Waals surface area contributed by atoms with Crippen molar-refractivity contribution in [1.29, 1.82) is 0 Å². The maximum absolute atomic E-state index is 13.8. The van der Waals surface area contributed by atoms with Crippen molar-refractivity contribution in [2.45, 2.75) is 56.6 Å². The van der Waals surface area contributed by atoms with Crippen LogP contribution >= 0.6 is 0 Å². The number of aliphatic hydroxyl groups excluding tert-OH is 1. The molecule has 0 aliphatic carbocycles. The van der Waals surface area contributed by atoms with E-state index in [4.69, 9.17) is 14.2 Å². The van der Waals surface area contributed by atoms with Crippen LogP contribution in [0.1, 0.15) is 50.7 Å². The Morgan fingerprint density at radius 1 is 1.14 bits per heavy atom. The number of hydrogen-bond acceptors (Lipinski definition) is 10. The summed E-state index contributed by atoms with van der Waals surface area (Å²) in [7, 11) is 0.752. The summed E-state index contributed by atoms with van der Waals surface area (Å²) >= 11 is 0. The predicted octanol–water partition coefficient (Wildman–Crippen LogP) is 4.67. The van der Waals surface area contributed by atoms with Gasteiger partial charge in [-0.15, -0.1) is 0 Å². The highest BCUT2D eigenvalue weighted by Gasteiger charge is 2.40. The highest BCUT2D eigenvalue weighted by Crippen LogP contribution is 2.44. The van der Waals surface area contributed by atoms with E-state index in [0.29, 0.717) is 53.5 Å². The van der Waals surface area contributed by atoms with Gasteiger partial charge in [0.15, 0.2) is 17.3 Å². The number of nitrogens with zero attached hydrogens (tertiary/aromatic N) is 4. The molecule has 2 N–H and O–H groups in total. The van der Waals surface area contributed by atoms with E-state index in [-0.39, 0.29) is 29.8 Å². The number of rotatable bonds is 11. The fraction of sp³-hybridized carbons (Fsp3) is 0.433. The first-order valence-corrected chi connectivity index (χ1v) is 15.3. The van der Waals surface area contributed by atoms with Gasteiger partial charge in [0, 0.05) is 48.9 Å². The summed E-state index contributed by atoms with van der Waals surface area (Å²) in [5.74, 6) is 1.27. The average Bonchev–Trinajstić information content (AvgIpc) is 3.36. The molecular formula is C30H39N5O7S. The van der Waals surface area contributed by atoms with Gasteiger partial charge in [0.2, 0.25) is 0 Å². The molecule has 232 valence electrons. The van der Waals surface area contributed by atoms with Crippen molar-refractivity contribution in [1.82, 2.24) is 14.9 Å². The summed E-state index contributed by atoms with van der Waals surface area (Å²) < 4.78 is 45.2. The number of carbonyl (C=O) groups is 1. The Hall–Kier alpha value is -4.10. The fourth-order valence-electron chi connectivity index (χ4n) is 4.98. The lowest BCUT2D eigenvalue weighted by atomic mass is 9.97. The molecule has 2 aromatic carbocycles. The average molecular weight is 614 g/mol. The maximum atomic E-state index is 13.8.